The van der Waals surface area contributed by atoms with Gasteiger partial charge < -0.3 is 0 Å². The predicted octanol–water partition coefficient (Wildman–Crippen LogP) is 3.56. The normalized spacial score (nSPS) is 11.0. The second kappa shape index (κ2) is 6.55. The molecule has 0 fully saturated rings. The van der Waals surface area contributed by atoms with Crippen molar-refractivity contribution < 1.29 is 4.79 Å². The molecule has 0 atom stereocenters. The lowest BCUT2D eigenvalue weighted by atomic mass is 10.2. The highest BCUT2D eigenvalue weighted by molar-refractivity contribution is 7.13. The summed E-state index contributed by atoms with van der Waals surface area (Å²) in [4.78, 5) is 13.0. The highest BCUT2D eigenvalue weighted by Crippen LogP contribution is 2.22. The second-order valence-electron chi connectivity index (χ2n) is 4.36. The van der Waals surface area contributed by atoms with Gasteiger partial charge in [-0.2, -0.15) is 10.2 Å². The summed E-state index contributed by atoms with van der Waals surface area (Å²) in [7, 11) is 0. The van der Waals surface area contributed by atoms with Gasteiger partial charge in [0.15, 0.2) is 5.69 Å². The number of rotatable bonds is 4. The van der Waals surface area contributed by atoms with E-state index in [4.69, 9.17) is 11.6 Å². The van der Waals surface area contributed by atoms with E-state index in [-0.39, 0.29) is 11.6 Å². The van der Waals surface area contributed by atoms with Crippen molar-refractivity contribution in [3.8, 4) is 10.6 Å². The third-order valence-corrected chi connectivity index (χ3v) is 4.12. The zero-order chi connectivity index (χ0) is 15.4. The van der Waals surface area contributed by atoms with Gasteiger partial charge in [0.25, 0.3) is 5.91 Å². The van der Waals surface area contributed by atoms with Gasteiger partial charge in [-0.15, -0.1) is 11.3 Å². The topological polar surface area (TPSA) is 70.1 Å². The van der Waals surface area contributed by atoms with Crippen molar-refractivity contribution in [2.24, 2.45) is 5.10 Å². The molecular weight excluding hydrogens is 320 g/mol. The zero-order valence-electron chi connectivity index (χ0n) is 11.3. The molecule has 3 rings (SSSR count). The summed E-state index contributed by atoms with van der Waals surface area (Å²) in [5.74, 6) is -0.387. The van der Waals surface area contributed by atoms with Gasteiger partial charge in [0.05, 0.1) is 16.8 Å². The molecule has 0 bridgehead atoms. The number of aromatic nitrogens is 2. The average Bonchev–Trinajstić information content (AvgIpc) is 3.20. The highest BCUT2D eigenvalue weighted by atomic mass is 35.5. The van der Waals surface area contributed by atoms with E-state index >= 15 is 0 Å². The fraction of sp³-hybridized carbons (Fsp3) is 0. The maximum atomic E-state index is 12.0. The van der Waals surface area contributed by atoms with E-state index < -0.39 is 0 Å². The first-order valence-corrected chi connectivity index (χ1v) is 7.67. The first kappa shape index (κ1) is 14.5. The number of hydrogen-bond donors (Lipinski definition) is 2. The molecule has 0 spiro atoms. The van der Waals surface area contributed by atoms with Crippen LogP contribution in [0.1, 0.15) is 16.1 Å². The van der Waals surface area contributed by atoms with Crippen molar-refractivity contribution in [3.63, 3.8) is 0 Å². The van der Waals surface area contributed by atoms with Crippen molar-refractivity contribution in [2.75, 3.05) is 0 Å². The van der Waals surface area contributed by atoms with Gasteiger partial charge in [-0.25, -0.2) is 5.43 Å². The number of carbonyl (C=O) groups is 1. The zero-order valence-corrected chi connectivity index (χ0v) is 12.9. The van der Waals surface area contributed by atoms with Crippen LogP contribution in [0.25, 0.3) is 10.6 Å². The van der Waals surface area contributed by atoms with Crippen LogP contribution < -0.4 is 5.43 Å². The Morgan fingerprint density at radius 3 is 2.95 bits per heavy atom. The van der Waals surface area contributed by atoms with E-state index in [2.05, 4.69) is 20.7 Å². The van der Waals surface area contributed by atoms with Crippen molar-refractivity contribution >= 4 is 35.1 Å². The number of aromatic amines is 1. The molecule has 3 aromatic rings. The Kier molecular flexibility index (Phi) is 4.32. The number of hydrazone groups is 1. The molecule has 22 heavy (non-hydrogen) atoms. The van der Waals surface area contributed by atoms with Crippen molar-refractivity contribution in [2.45, 2.75) is 0 Å². The summed E-state index contributed by atoms with van der Waals surface area (Å²) in [5.41, 5.74) is 4.23. The first-order valence-electron chi connectivity index (χ1n) is 6.41. The van der Waals surface area contributed by atoms with Crippen LogP contribution in [0.3, 0.4) is 0 Å². The molecule has 5 nitrogen and oxygen atoms in total. The third kappa shape index (κ3) is 3.24. The van der Waals surface area contributed by atoms with Gasteiger partial charge in [0.1, 0.15) is 0 Å². The molecule has 0 saturated heterocycles. The number of hydrogen-bond acceptors (Lipinski definition) is 4. The predicted molar refractivity (Wildman–Crippen MR) is 88.4 cm³/mol. The smallest absolute Gasteiger partial charge is 0.276 e. The Labute approximate surface area is 135 Å². The molecule has 1 amide bonds. The molecule has 110 valence electrons. The number of amides is 1. The molecule has 1 aromatic carbocycles. The summed E-state index contributed by atoms with van der Waals surface area (Å²) < 4.78 is 0. The van der Waals surface area contributed by atoms with Gasteiger partial charge in [0.2, 0.25) is 0 Å². The van der Waals surface area contributed by atoms with Crippen molar-refractivity contribution in [1.82, 2.24) is 15.6 Å². The summed E-state index contributed by atoms with van der Waals surface area (Å²) in [6, 6.07) is 12.8. The Morgan fingerprint density at radius 1 is 1.32 bits per heavy atom. The minimum atomic E-state index is -0.387. The van der Waals surface area contributed by atoms with Gasteiger partial charge in [-0.1, -0.05) is 35.9 Å². The van der Waals surface area contributed by atoms with Crippen molar-refractivity contribution in [1.29, 1.82) is 0 Å². The maximum Gasteiger partial charge on any atom is 0.291 e. The van der Waals surface area contributed by atoms with E-state index in [0.717, 1.165) is 16.1 Å². The fourth-order valence-electron chi connectivity index (χ4n) is 1.79. The summed E-state index contributed by atoms with van der Waals surface area (Å²) >= 11 is 7.57. The van der Waals surface area contributed by atoms with Crippen LogP contribution in [0.5, 0.6) is 0 Å². The largest absolute Gasteiger partial charge is 0.291 e. The van der Waals surface area contributed by atoms with Crippen LogP contribution in [-0.2, 0) is 0 Å². The number of benzene rings is 1. The third-order valence-electron chi connectivity index (χ3n) is 2.87. The Morgan fingerprint density at radius 2 is 2.18 bits per heavy atom. The van der Waals surface area contributed by atoms with E-state index in [9.17, 15) is 4.79 Å². The highest BCUT2D eigenvalue weighted by Gasteiger charge is 2.11. The van der Waals surface area contributed by atoms with Crippen LogP contribution >= 0.6 is 22.9 Å². The van der Waals surface area contributed by atoms with Crippen LogP contribution in [0.15, 0.2) is 52.9 Å². The number of nitrogens with one attached hydrogen (secondary N) is 2. The van der Waals surface area contributed by atoms with Crippen LogP contribution in [-0.4, -0.2) is 22.3 Å². The molecule has 0 aliphatic rings. The molecule has 0 saturated carbocycles. The second-order valence-corrected chi connectivity index (χ2v) is 5.72. The SMILES string of the molecule is O=C(N/N=C\c1ccccc1Cl)c1cc(-c2cccs2)[nH]n1. The van der Waals surface area contributed by atoms with Crippen LogP contribution in [0, 0.1) is 0 Å². The number of halogens is 1. The number of carbonyl (C=O) groups excluding carboxylic acids is 1. The van der Waals surface area contributed by atoms with Gasteiger partial charge in [-0.3, -0.25) is 9.89 Å². The van der Waals surface area contributed by atoms with Crippen LogP contribution in [0.2, 0.25) is 5.02 Å². The molecule has 0 unspecified atom stereocenters. The molecular formula is C15H11ClN4OS. The summed E-state index contributed by atoms with van der Waals surface area (Å²) in [6.45, 7) is 0. The lowest BCUT2D eigenvalue weighted by Crippen LogP contribution is -2.18. The van der Waals surface area contributed by atoms with E-state index in [0.29, 0.717) is 5.02 Å². The molecule has 2 aromatic heterocycles. The Balaban J connectivity index is 1.67. The molecule has 0 radical (unpaired) electrons. The van der Waals surface area contributed by atoms with Gasteiger partial charge in [0, 0.05) is 10.6 Å². The Hall–Kier alpha value is -2.44. The van der Waals surface area contributed by atoms with Gasteiger partial charge >= 0.3 is 0 Å². The molecule has 2 N–H and O–H groups in total. The average molecular weight is 331 g/mol. The number of thiophene rings is 1. The molecule has 7 heteroatoms. The molecule has 0 aliphatic carbocycles. The summed E-state index contributed by atoms with van der Waals surface area (Å²) in [5, 5.41) is 13.2. The Bertz CT molecular complexity index is 811. The fourth-order valence-corrected chi connectivity index (χ4v) is 2.67. The first-order chi connectivity index (χ1) is 10.7. The van der Waals surface area contributed by atoms with Gasteiger partial charge in [-0.05, 0) is 23.6 Å². The molecule has 2 heterocycles. The van der Waals surface area contributed by atoms with E-state index in [1.54, 1.807) is 29.5 Å². The lowest BCUT2D eigenvalue weighted by Gasteiger charge is -1.97. The number of H-pyrrole nitrogens is 1. The van der Waals surface area contributed by atoms with Crippen LogP contribution in [0.4, 0.5) is 0 Å². The number of nitrogens with zero attached hydrogens (tertiary/aromatic N) is 2. The lowest BCUT2D eigenvalue weighted by molar-refractivity contribution is 0.0950. The minimum absolute atomic E-state index is 0.278. The quantitative estimate of drug-likeness (QED) is 0.567. The summed E-state index contributed by atoms with van der Waals surface area (Å²) in [6.07, 6.45) is 1.49. The van der Waals surface area contributed by atoms with E-state index in [1.807, 2.05) is 29.6 Å². The standard InChI is InChI=1S/C15H11ClN4OS/c16-11-5-2-1-4-10(11)9-17-20-15(21)13-8-12(18-19-13)14-6-3-7-22-14/h1-9H,(H,18,19)(H,20,21)/b17-9-. The maximum absolute atomic E-state index is 12.0. The van der Waals surface area contributed by atoms with Crippen molar-refractivity contribution in [3.05, 3.63) is 64.1 Å². The monoisotopic (exact) mass is 330 g/mol. The van der Waals surface area contributed by atoms with E-state index in [1.165, 1.54) is 6.21 Å². The molecule has 0 aliphatic heterocycles. The minimum Gasteiger partial charge on any atom is -0.276 e.